The molecule has 1 aromatic heterocycles. The second-order valence-corrected chi connectivity index (χ2v) is 7.66. The summed E-state index contributed by atoms with van der Waals surface area (Å²) in [6.45, 7) is 8.13. The highest BCUT2D eigenvalue weighted by Gasteiger charge is 2.23. The number of hydrogen-bond donors (Lipinski definition) is 1. The maximum atomic E-state index is 11.5. The van der Waals surface area contributed by atoms with E-state index in [1.54, 1.807) is 13.0 Å². The van der Waals surface area contributed by atoms with Gasteiger partial charge in [0.15, 0.2) is 0 Å². The van der Waals surface area contributed by atoms with Crippen LogP contribution in [0.3, 0.4) is 0 Å². The van der Waals surface area contributed by atoms with Gasteiger partial charge in [0, 0.05) is 18.1 Å². The molecule has 0 atom stereocenters. The molecular weight excluding hydrogens is 354 g/mol. The summed E-state index contributed by atoms with van der Waals surface area (Å²) in [6.07, 6.45) is 3.56. The van der Waals surface area contributed by atoms with Gasteiger partial charge in [0.1, 0.15) is 22.5 Å². The summed E-state index contributed by atoms with van der Waals surface area (Å²) in [6, 6.07) is 11.4. The van der Waals surface area contributed by atoms with Crippen molar-refractivity contribution in [2.45, 2.75) is 39.5 Å². The van der Waals surface area contributed by atoms with Crippen LogP contribution in [0.15, 0.2) is 48.6 Å². The highest BCUT2D eigenvalue weighted by Crippen LogP contribution is 2.36. The zero-order valence-corrected chi connectivity index (χ0v) is 16.6. The van der Waals surface area contributed by atoms with Gasteiger partial charge in [-0.3, -0.25) is 0 Å². The minimum Gasteiger partial charge on any atom is -0.505 e. The first-order valence-corrected chi connectivity index (χ1v) is 9.28. The fourth-order valence-electron chi connectivity index (χ4n) is 2.97. The Bertz CT molecular complexity index is 996. The van der Waals surface area contributed by atoms with E-state index in [1.165, 1.54) is 10.9 Å². The maximum Gasteiger partial charge on any atom is 0.330 e. The lowest BCUT2D eigenvalue weighted by atomic mass is 9.84. The first-order chi connectivity index (χ1) is 13.3. The van der Waals surface area contributed by atoms with Crippen LogP contribution in [0.25, 0.3) is 16.7 Å². The van der Waals surface area contributed by atoms with Crippen molar-refractivity contribution in [3.05, 3.63) is 59.7 Å². The Labute approximate surface area is 164 Å². The molecule has 28 heavy (non-hydrogen) atoms. The van der Waals surface area contributed by atoms with Crippen molar-refractivity contribution in [1.29, 1.82) is 0 Å². The van der Waals surface area contributed by atoms with Gasteiger partial charge >= 0.3 is 5.97 Å². The van der Waals surface area contributed by atoms with Gasteiger partial charge in [0.25, 0.3) is 0 Å². The van der Waals surface area contributed by atoms with Gasteiger partial charge in [-0.2, -0.15) is 0 Å². The van der Waals surface area contributed by atoms with Crippen LogP contribution >= 0.6 is 0 Å². The molecule has 146 valence electrons. The summed E-state index contributed by atoms with van der Waals surface area (Å²) in [5, 5.41) is 19.9. The summed E-state index contributed by atoms with van der Waals surface area (Å²) in [7, 11) is 0. The molecule has 1 heterocycles. The standard InChI is InChI=1S/C22H25N3O3/c1-5-8-20(26)28-12-11-15-13-16(22(2,3)4)21(27)19(14-15)25-23-17-9-6-7-10-18(17)24-25/h5-10,13-14,27H,11-12H2,1-4H3. The second-order valence-electron chi connectivity index (χ2n) is 7.66. The number of nitrogens with zero attached hydrogens (tertiary/aromatic N) is 3. The van der Waals surface area contributed by atoms with Gasteiger partial charge in [-0.15, -0.1) is 15.0 Å². The molecule has 3 rings (SSSR count). The lowest BCUT2D eigenvalue weighted by Crippen LogP contribution is -2.14. The van der Waals surface area contributed by atoms with E-state index in [2.05, 4.69) is 10.2 Å². The Morgan fingerprint density at radius 1 is 1.18 bits per heavy atom. The number of ether oxygens (including phenoxy) is 1. The molecule has 0 fully saturated rings. The summed E-state index contributed by atoms with van der Waals surface area (Å²) in [5.41, 5.74) is 3.48. The van der Waals surface area contributed by atoms with E-state index in [1.807, 2.05) is 57.2 Å². The lowest BCUT2D eigenvalue weighted by Gasteiger charge is -2.23. The third-order valence-corrected chi connectivity index (χ3v) is 4.40. The minimum atomic E-state index is -0.363. The van der Waals surface area contributed by atoms with Crippen molar-refractivity contribution in [3.8, 4) is 11.4 Å². The summed E-state index contributed by atoms with van der Waals surface area (Å²) in [5.74, 6) is -0.208. The van der Waals surface area contributed by atoms with E-state index in [-0.39, 0.29) is 23.7 Å². The highest BCUT2D eigenvalue weighted by molar-refractivity contribution is 5.81. The van der Waals surface area contributed by atoms with Crippen LogP contribution in [0, 0.1) is 0 Å². The van der Waals surface area contributed by atoms with E-state index >= 15 is 0 Å². The van der Waals surface area contributed by atoms with Gasteiger partial charge in [-0.1, -0.05) is 45.0 Å². The van der Waals surface area contributed by atoms with Gasteiger partial charge < -0.3 is 9.84 Å². The average molecular weight is 379 g/mol. The molecule has 0 saturated heterocycles. The third-order valence-electron chi connectivity index (χ3n) is 4.40. The number of fused-ring (bicyclic) bond motifs is 1. The Morgan fingerprint density at radius 3 is 2.39 bits per heavy atom. The van der Waals surface area contributed by atoms with Crippen LogP contribution in [0.1, 0.15) is 38.8 Å². The van der Waals surface area contributed by atoms with Crippen molar-refractivity contribution in [2.75, 3.05) is 6.61 Å². The molecule has 0 amide bonds. The largest absolute Gasteiger partial charge is 0.505 e. The SMILES string of the molecule is CC=CC(=O)OCCc1cc(-n2nc3ccccc3n2)c(O)c(C(C)(C)C)c1. The zero-order chi connectivity index (χ0) is 20.3. The molecule has 0 radical (unpaired) electrons. The molecule has 6 heteroatoms. The average Bonchev–Trinajstić information content (AvgIpc) is 3.06. The molecular formula is C22H25N3O3. The van der Waals surface area contributed by atoms with Gasteiger partial charge in [-0.05, 0) is 36.1 Å². The summed E-state index contributed by atoms with van der Waals surface area (Å²) >= 11 is 0. The number of aromatic nitrogens is 3. The molecule has 0 aliphatic carbocycles. The van der Waals surface area contributed by atoms with Crippen molar-refractivity contribution in [2.24, 2.45) is 0 Å². The number of esters is 1. The van der Waals surface area contributed by atoms with E-state index < -0.39 is 0 Å². The summed E-state index contributed by atoms with van der Waals surface area (Å²) in [4.78, 5) is 13.0. The van der Waals surface area contributed by atoms with Gasteiger partial charge in [0.2, 0.25) is 0 Å². The molecule has 0 saturated carbocycles. The molecule has 0 aliphatic heterocycles. The van der Waals surface area contributed by atoms with Gasteiger partial charge in [-0.25, -0.2) is 4.79 Å². The predicted molar refractivity (Wildman–Crippen MR) is 109 cm³/mol. The molecule has 0 aliphatic rings. The highest BCUT2D eigenvalue weighted by atomic mass is 16.5. The van der Waals surface area contributed by atoms with E-state index in [0.717, 1.165) is 22.2 Å². The molecule has 2 aromatic carbocycles. The summed E-state index contributed by atoms with van der Waals surface area (Å²) < 4.78 is 5.21. The van der Waals surface area contributed by atoms with Crippen LogP contribution in [0.2, 0.25) is 0 Å². The fraction of sp³-hybridized carbons (Fsp3) is 0.318. The second kappa shape index (κ2) is 7.84. The third kappa shape index (κ3) is 4.22. The molecule has 0 spiro atoms. The Balaban J connectivity index is 1.99. The molecule has 0 unspecified atom stereocenters. The number of carbonyl (C=O) groups excluding carboxylic acids is 1. The normalized spacial score (nSPS) is 12.0. The predicted octanol–water partition coefficient (Wildman–Crippen LogP) is 4.09. The van der Waals surface area contributed by atoms with Crippen LogP contribution in [-0.2, 0) is 21.4 Å². The molecule has 1 N–H and O–H groups in total. The first kappa shape index (κ1) is 19.6. The monoisotopic (exact) mass is 379 g/mol. The number of allylic oxidation sites excluding steroid dienone is 1. The van der Waals surface area contributed by atoms with Crippen molar-refractivity contribution >= 4 is 17.0 Å². The van der Waals surface area contributed by atoms with Crippen molar-refractivity contribution < 1.29 is 14.6 Å². The quantitative estimate of drug-likeness (QED) is 0.534. The zero-order valence-electron chi connectivity index (χ0n) is 16.6. The van der Waals surface area contributed by atoms with Crippen LogP contribution in [0.5, 0.6) is 5.75 Å². The molecule has 3 aromatic rings. The smallest absolute Gasteiger partial charge is 0.330 e. The fourth-order valence-corrected chi connectivity index (χ4v) is 2.97. The Morgan fingerprint density at radius 2 is 1.82 bits per heavy atom. The molecule has 0 bridgehead atoms. The van der Waals surface area contributed by atoms with E-state index in [9.17, 15) is 9.90 Å². The number of phenolic OH excluding ortho intramolecular Hbond substituents is 1. The maximum absolute atomic E-state index is 11.5. The Hall–Kier alpha value is -3.15. The number of hydrogen-bond acceptors (Lipinski definition) is 5. The number of carbonyl (C=O) groups is 1. The van der Waals surface area contributed by atoms with Gasteiger partial charge in [0.05, 0.1) is 6.61 Å². The minimum absolute atomic E-state index is 0.155. The molecule has 6 nitrogen and oxygen atoms in total. The van der Waals surface area contributed by atoms with Crippen LogP contribution in [0.4, 0.5) is 0 Å². The van der Waals surface area contributed by atoms with E-state index in [0.29, 0.717) is 12.1 Å². The van der Waals surface area contributed by atoms with Crippen LogP contribution < -0.4 is 0 Å². The number of benzene rings is 2. The Kier molecular flexibility index (Phi) is 5.49. The number of rotatable bonds is 5. The lowest BCUT2D eigenvalue weighted by molar-refractivity contribution is -0.137. The van der Waals surface area contributed by atoms with Crippen molar-refractivity contribution in [1.82, 2.24) is 15.0 Å². The number of aromatic hydroxyl groups is 1. The van der Waals surface area contributed by atoms with Crippen LogP contribution in [-0.4, -0.2) is 32.7 Å². The van der Waals surface area contributed by atoms with E-state index in [4.69, 9.17) is 4.74 Å². The first-order valence-electron chi connectivity index (χ1n) is 9.28. The topological polar surface area (TPSA) is 77.2 Å². The van der Waals surface area contributed by atoms with Crippen molar-refractivity contribution in [3.63, 3.8) is 0 Å². The number of phenols is 1.